The molecule has 78 valence electrons. The van der Waals surface area contributed by atoms with Gasteiger partial charge in [-0.3, -0.25) is 4.79 Å². The van der Waals surface area contributed by atoms with E-state index in [2.05, 4.69) is 4.90 Å². The van der Waals surface area contributed by atoms with Crippen LogP contribution in [0, 0.1) is 0 Å². The van der Waals surface area contributed by atoms with Crippen molar-refractivity contribution in [1.29, 1.82) is 0 Å². The molecule has 0 spiro atoms. The van der Waals surface area contributed by atoms with E-state index in [-0.39, 0.29) is 17.0 Å². The summed E-state index contributed by atoms with van der Waals surface area (Å²) < 4.78 is 0. The first-order chi connectivity index (χ1) is 5.79. The molecule has 0 bridgehead atoms. The quantitative estimate of drug-likeness (QED) is 0.840. The molecule has 0 aliphatic carbocycles. The molecule has 1 aliphatic rings. The molecule has 0 aromatic rings. The number of hydrogen-bond acceptors (Lipinski definition) is 3. The minimum Gasteiger partial charge on any atom is -0.481 e. The van der Waals surface area contributed by atoms with Crippen LogP contribution in [0.1, 0.15) is 12.8 Å². The molecular formula is C8H16BrNO2S. The number of halogens is 1. The minimum absolute atomic E-state index is 0. The largest absolute Gasteiger partial charge is 0.481 e. The molecular weight excluding hydrogens is 254 g/mol. The third-order valence-electron chi connectivity index (χ3n) is 1.97. The highest BCUT2D eigenvalue weighted by Gasteiger charge is 2.09. The lowest BCUT2D eigenvalue weighted by molar-refractivity contribution is -0.137. The topological polar surface area (TPSA) is 40.5 Å². The van der Waals surface area contributed by atoms with Crippen LogP contribution in [-0.2, 0) is 4.79 Å². The van der Waals surface area contributed by atoms with Gasteiger partial charge < -0.3 is 10.0 Å². The fourth-order valence-corrected chi connectivity index (χ4v) is 2.26. The molecule has 1 N–H and O–H groups in total. The molecule has 0 amide bonds. The monoisotopic (exact) mass is 269 g/mol. The predicted octanol–water partition coefficient (Wildman–Crippen LogP) is 1.48. The van der Waals surface area contributed by atoms with E-state index in [0.29, 0.717) is 6.42 Å². The van der Waals surface area contributed by atoms with Crippen LogP contribution >= 0.6 is 28.7 Å². The van der Waals surface area contributed by atoms with Gasteiger partial charge in [-0.15, -0.1) is 17.0 Å². The van der Waals surface area contributed by atoms with Gasteiger partial charge >= 0.3 is 5.97 Å². The number of rotatable bonds is 4. The van der Waals surface area contributed by atoms with Crippen molar-refractivity contribution < 1.29 is 9.90 Å². The van der Waals surface area contributed by atoms with Crippen molar-refractivity contribution in [3.63, 3.8) is 0 Å². The SMILES string of the molecule is Br.O=C(O)CCCN1CCSCC1. The van der Waals surface area contributed by atoms with Gasteiger partial charge in [0.2, 0.25) is 0 Å². The Labute approximate surface area is 93.6 Å². The van der Waals surface area contributed by atoms with Crippen molar-refractivity contribution in [1.82, 2.24) is 4.90 Å². The number of carboxylic acids is 1. The Hall–Kier alpha value is 0.260. The Morgan fingerprint density at radius 3 is 2.54 bits per heavy atom. The molecule has 0 saturated carbocycles. The zero-order chi connectivity index (χ0) is 8.81. The van der Waals surface area contributed by atoms with Crippen molar-refractivity contribution in [2.75, 3.05) is 31.1 Å². The van der Waals surface area contributed by atoms with Crippen molar-refractivity contribution in [3.8, 4) is 0 Å². The molecule has 0 aromatic heterocycles. The molecule has 1 fully saturated rings. The molecule has 13 heavy (non-hydrogen) atoms. The van der Waals surface area contributed by atoms with Crippen molar-refractivity contribution in [3.05, 3.63) is 0 Å². The predicted molar refractivity (Wildman–Crippen MR) is 61.0 cm³/mol. The normalized spacial score (nSPS) is 17.8. The van der Waals surface area contributed by atoms with E-state index in [0.717, 1.165) is 26.1 Å². The van der Waals surface area contributed by atoms with E-state index in [1.54, 1.807) is 0 Å². The molecule has 1 heterocycles. The summed E-state index contributed by atoms with van der Waals surface area (Å²) in [5.74, 6) is 1.72. The van der Waals surface area contributed by atoms with Crippen molar-refractivity contribution in [2.45, 2.75) is 12.8 Å². The summed E-state index contributed by atoms with van der Waals surface area (Å²) in [5, 5.41) is 8.42. The lowest BCUT2D eigenvalue weighted by Gasteiger charge is -2.25. The minimum atomic E-state index is -0.679. The van der Waals surface area contributed by atoms with Gasteiger partial charge in [-0.2, -0.15) is 11.8 Å². The molecule has 0 unspecified atom stereocenters. The highest BCUT2D eigenvalue weighted by molar-refractivity contribution is 8.93. The molecule has 3 nitrogen and oxygen atoms in total. The van der Waals surface area contributed by atoms with Crippen LogP contribution in [0.2, 0.25) is 0 Å². The molecule has 0 aromatic carbocycles. The second-order valence-corrected chi connectivity index (χ2v) is 4.18. The van der Waals surface area contributed by atoms with Crippen LogP contribution in [0.3, 0.4) is 0 Å². The van der Waals surface area contributed by atoms with E-state index in [1.807, 2.05) is 11.8 Å². The maximum absolute atomic E-state index is 10.2. The van der Waals surface area contributed by atoms with Gasteiger partial charge in [-0.1, -0.05) is 0 Å². The zero-order valence-electron chi connectivity index (χ0n) is 7.57. The maximum atomic E-state index is 10.2. The van der Waals surface area contributed by atoms with E-state index >= 15 is 0 Å². The Kier molecular flexibility index (Phi) is 7.80. The standard InChI is InChI=1S/C8H15NO2S.BrH/c10-8(11)2-1-3-9-4-6-12-7-5-9;/h1-7H2,(H,10,11);1H. The van der Waals surface area contributed by atoms with E-state index in [1.165, 1.54) is 11.5 Å². The molecule has 0 atom stereocenters. The van der Waals surface area contributed by atoms with Gasteiger partial charge in [0, 0.05) is 31.0 Å². The van der Waals surface area contributed by atoms with E-state index < -0.39 is 5.97 Å². The third kappa shape index (κ3) is 6.35. The Balaban J connectivity index is 0.00000144. The van der Waals surface area contributed by atoms with Crippen LogP contribution in [-0.4, -0.2) is 47.1 Å². The van der Waals surface area contributed by atoms with Crippen molar-refractivity contribution in [2.24, 2.45) is 0 Å². The van der Waals surface area contributed by atoms with Crippen LogP contribution in [0.25, 0.3) is 0 Å². The third-order valence-corrected chi connectivity index (χ3v) is 2.91. The van der Waals surface area contributed by atoms with Crippen LogP contribution in [0.15, 0.2) is 0 Å². The zero-order valence-corrected chi connectivity index (χ0v) is 10.1. The second-order valence-electron chi connectivity index (χ2n) is 2.95. The average Bonchev–Trinajstić information content (AvgIpc) is 2.05. The van der Waals surface area contributed by atoms with Gasteiger partial charge in [0.15, 0.2) is 0 Å². The van der Waals surface area contributed by atoms with Crippen LogP contribution in [0.4, 0.5) is 0 Å². The summed E-state index contributed by atoms with van der Waals surface area (Å²) in [5.41, 5.74) is 0. The molecule has 1 saturated heterocycles. The van der Waals surface area contributed by atoms with Crippen LogP contribution in [0.5, 0.6) is 0 Å². The molecule has 1 rings (SSSR count). The Morgan fingerprint density at radius 1 is 1.38 bits per heavy atom. The highest BCUT2D eigenvalue weighted by Crippen LogP contribution is 2.09. The van der Waals surface area contributed by atoms with Crippen molar-refractivity contribution >= 4 is 34.7 Å². The summed E-state index contributed by atoms with van der Waals surface area (Å²) in [6.07, 6.45) is 1.10. The number of carbonyl (C=O) groups is 1. The van der Waals surface area contributed by atoms with Gasteiger partial charge in [-0.05, 0) is 13.0 Å². The number of carboxylic acid groups (broad SMARTS) is 1. The van der Waals surface area contributed by atoms with E-state index in [4.69, 9.17) is 5.11 Å². The summed E-state index contributed by atoms with van der Waals surface area (Å²) in [4.78, 5) is 12.6. The fourth-order valence-electron chi connectivity index (χ4n) is 1.28. The molecule has 0 radical (unpaired) electrons. The number of thioether (sulfide) groups is 1. The van der Waals surface area contributed by atoms with E-state index in [9.17, 15) is 4.79 Å². The number of hydrogen-bond donors (Lipinski definition) is 1. The maximum Gasteiger partial charge on any atom is 0.303 e. The fraction of sp³-hybridized carbons (Fsp3) is 0.875. The number of nitrogens with zero attached hydrogens (tertiary/aromatic N) is 1. The Bertz CT molecular complexity index is 151. The van der Waals surface area contributed by atoms with Gasteiger partial charge in [0.05, 0.1) is 0 Å². The summed E-state index contributed by atoms with van der Waals surface area (Å²) in [6.45, 7) is 3.21. The lowest BCUT2D eigenvalue weighted by atomic mass is 10.3. The summed E-state index contributed by atoms with van der Waals surface area (Å²) in [6, 6.07) is 0. The average molecular weight is 270 g/mol. The first-order valence-electron chi connectivity index (χ1n) is 4.31. The number of aliphatic carboxylic acids is 1. The first-order valence-corrected chi connectivity index (χ1v) is 5.46. The Morgan fingerprint density at radius 2 is 2.00 bits per heavy atom. The summed E-state index contributed by atoms with van der Waals surface area (Å²) in [7, 11) is 0. The van der Waals surface area contributed by atoms with Crippen LogP contribution < -0.4 is 0 Å². The smallest absolute Gasteiger partial charge is 0.303 e. The molecule has 1 aliphatic heterocycles. The first kappa shape index (κ1) is 13.3. The summed E-state index contributed by atoms with van der Waals surface area (Å²) >= 11 is 1.98. The second kappa shape index (κ2) is 7.64. The lowest BCUT2D eigenvalue weighted by Crippen LogP contribution is -2.33. The van der Waals surface area contributed by atoms with Gasteiger partial charge in [0.1, 0.15) is 0 Å². The highest BCUT2D eigenvalue weighted by atomic mass is 79.9. The van der Waals surface area contributed by atoms with Gasteiger partial charge in [0.25, 0.3) is 0 Å². The molecule has 5 heteroatoms. The van der Waals surface area contributed by atoms with Gasteiger partial charge in [-0.25, -0.2) is 0 Å².